The van der Waals surface area contributed by atoms with E-state index in [0.29, 0.717) is 12.5 Å². The molecule has 6 heavy (non-hydrogen) atoms. The lowest BCUT2D eigenvalue weighted by atomic mass is 10.2. The summed E-state index contributed by atoms with van der Waals surface area (Å²) in [5.41, 5.74) is 2.07. The summed E-state index contributed by atoms with van der Waals surface area (Å²) in [6.07, 6.45) is 0. The SMILES string of the molecule is CC(C)CNO.[HH]. The molecular weight excluding hydrogens is 78.0 g/mol. The third-order valence-corrected chi connectivity index (χ3v) is 0.500. The average molecular weight is 91.2 g/mol. The van der Waals surface area contributed by atoms with Crippen LogP contribution >= 0.6 is 0 Å². The van der Waals surface area contributed by atoms with Gasteiger partial charge in [0.25, 0.3) is 0 Å². The fourth-order valence-corrected chi connectivity index (χ4v) is 0.183. The van der Waals surface area contributed by atoms with Crippen molar-refractivity contribution in [2.75, 3.05) is 6.54 Å². The standard InChI is InChI=1S/C4H11NO.H2/c1-4(2)3-5-6;/h4-6H,3H2,1-2H3;1H. The molecule has 0 aliphatic heterocycles. The van der Waals surface area contributed by atoms with Crippen molar-refractivity contribution in [3.05, 3.63) is 0 Å². The zero-order valence-corrected chi connectivity index (χ0v) is 4.23. The van der Waals surface area contributed by atoms with E-state index in [2.05, 4.69) is 5.48 Å². The Bertz CT molecular complexity index is 32.9. The minimum atomic E-state index is 0. The second kappa shape index (κ2) is 3.12. The highest BCUT2D eigenvalue weighted by Crippen LogP contribution is 1.83. The van der Waals surface area contributed by atoms with Gasteiger partial charge in [0.2, 0.25) is 0 Å². The quantitative estimate of drug-likeness (QED) is 0.494. The summed E-state index contributed by atoms with van der Waals surface area (Å²) in [5, 5.41) is 7.99. The molecule has 0 atom stereocenters. The number of hydrogen-bond acceptors (Lipinski definition) is 2. The van der Waals surface area contributed by atoms with Crippen LogP contribution in [0.2, 0.25) is 0 Å². The highest BCUT2D eigenvalue weighted by Gasteiger charge is 1.85. The molecule has 0 aromatic rings. The normalized spacial score (nSPS) is 10.0. The number of hydrogen-bond donors (Lipinski definition) is 2. The lowest BCUT2D eigenvalue weighted by Gasteiger charge is -1.97. The first-order valence-electron chi connectivity index (χ1n) is 2.14. The minimum absolute atomic E-state index is 0. The van der Waals surface area contributed by atoms with Crippen LogP contribution in [0.1, 0.15) is 15.3 Å². The summed E-state index contributed by atoms with van der Waals surface area (Å²) in [5.74, 6) is 0.537. The van der Waals surface area contributed by atoms with Gasteiger partial charge in [0, 0.05) is 7.97 Å². The molecule has 0 saturated carbocycles. The van der Waals surface area contributed by atoms with Crippen LogP contribution in [0, 0.1) is 5.92 Å². The third-order valence-electron chi connectivity index (χ3n) is 0.500. The van der Waals surface area contributed by atoms with Crippen LogP contribution in [0.15, 0.2) is 0 Å². The molecule has 0 heterocycles. The van der Waals surface area contributed by atoms with Gasteiger partial charge >= 0.3 is 0 Å². The molecule has 0 saturated heterocycles. The third kappa shape index (κ3) is 3.92. The van der Waals surface area contributed by atoms with Crippen molar-refractivity contribution >= 4 is 0 Å². The zero-order valence-electron chi connectivity index (χ0n) is 4.23. The average Bonchev–Trinajstić information content (AvgIpc) is 1.35. The molecule has 0 unspecified atom stereocenters. The van der Waals surface area contributed by atoms with Crippen LogP contribution in [-0.2, 0) is 0 Å². The molecule has 0 rings (SSSR count). The maximum Gasteiger partial charge on any atom is 0.0230 e. The van der Waals surface area contributed by atoms with Crippen molar-refractivity contribution in [3.63, 3.8) is 0 Å². The van der Waals surface area contributed by atoms with Crippen LogP contribution in [0.25, 0.3) is 0 Å². The molecule has 0 spiro atoms. The van der Waals surface area contributed by atoms with E-state index in [1.807, 2.05) is 13.8 Å². The minimum Gasteiger partial charge on any atom is -0.317 e. The lowest BCUT2D eigenvalue weighted by molar-refractivity contribution is 0.154. The molecule has 0 aromatic heterocycles. The van der Waals surface area contributed by atoms with E-state index in [-0.39, 0.29) is 1.43 Å². The Hall–Kier alpha value is -0.0800. The summed E-state index contributed by atoms with van der Waals surface area (Å²) in [6, 6.07) is 0. The first-order chi connectivity index (χ1) is 2.77. The molecule has 0 amide bonds. The largest absolute Gasteiger partial charge is 0.317 e. The number of rotatable bonds is 2. The summed E-state index contributed by atoms with van der Waals surface area (Å²) in [4.78, 5) is 0. The van der Waals surface area contributed by atoms with Gasteiger partial charge in [0.15, 0.2) is 0 Å². The molecule has 40 valence electrons. The van der Waals surface area contributed by atoms with Gasteiger partial charge in [-0.15, -0.1) is 0 Å². The van der Waals surface area contributed by atoms with Crippen LogP contribution in [0.4, 0.5) is 0 Å². The monoisotopic (exact) mass is 91.1 g/mol. The Kier molecular flexibility index (Phi) is 3.08. The summed E-state index contributed by atoms with van der Waals surface area (Å²) < 4.78 is 0. The Morgan fingerprint density at radius 3 is 2.33 bits per heavy atom. The first-order valence-corrected chi connectivity index (χ1v) is 2.14. The molecule has 0 fully saturated rings. The van der Waals surface area contributed by atoms with Gasteiger partial charge in [-0.3, -0.25) is 0 Å². The molecule has 0 aliphatic carbocycles. The molecule has 0 radical (unpaired) electrons. The Balaban J connectivity index is 0. The second-order valence-electron chi connectivity index (χ2n) is 1.76. The van der Waals surface area contributed by atoms with E-state index >= 15 is 0 Å². The smallest absolute Gasteiger partial charge is 0.0230 e. The maximum absolute atomic E-state index is 7.99. The molecule has 2 heteroatoms. The van der Waals surface area contributed by atoms with Gasteiger partial charge in [-0.1, -0.05) is 13.8 Å². The highest BCUT2D eigenvalue weighted by atomic mass is 16.5. The van der Waals surface area contributed by atoms with E-state index in [0.717, 1.165) is 0 Å². The van der Waals surface area contributed by atoms with Crippen molar-refractivity contribution in [1.29, 1.82) is 0 Å². The number of nitrogens with one attached hydrogen (secondary N) is 1. The van der Waals surface area contributed by atoms with Gasteiger partial charge in [-0.05, 0) is 5.92 Å². The molecular formula is C4H13NO. The zero-order chi connectivity index (χ0) is 4.99. The fourth-order valence-electron chi connectivity index (χ4n) is 0.183. The van der Waals surface area contributed by atoms with E-state index in [1.54, 1.807) is 0 Å². The predicted octanol–water partition coefficient (Wildman–Crippen LogP) is 0.867. The van der Waals surface area contributed by atoms with E-state index in [1.165, 1.54) is 0 Å². The summed E-state index contributed by atoms with van der Waals surface area (Å²) in [7, 11) is 0. The van der Waals surface area contributed by atoms with Gasteiger partial charge in [-0.2, -0.15) is 0 Å². The second-order valence-corrected chi connectivity index (χ2v) is 1.76. The van der Waals surface area contributed by atoms with Crippen LogP contribution in [0.3, 0.4) is 0 Å². The maximum atomic E-state index is 7.99. The molecule has 2 N–H and O–H groups in total. The van der Waals surface area contributed by atoms with E-state index < -0.39 is 0 Å². The van der Waals surface area contributed by atoms with Gasteiger partial charge in [0.05, 0.1) is 0 Å². The molecule has 2 nitrogen and oxygen atoms in total. The molecule has 0 aromatic carbocycles. The van der Waals surface area contributed by atoms with Crippen LogP contribution in [-0.4, -0.2) is 11.8 Å². The predicted molar refractivity (Wildman–Crippen MR) is 26.7 cm³/mol. The van der Waals surface area contributed by atoms with Crippen molar-refractivity contribution in [1.82, 2.24) is 5.48 Å². The van der Waals surface area contributed by atoms with Crippen LogP contribution in [0.5, 0.6) is 0 Å². The highest BCUT2D eigenvalue weighted by molar-refractivity contribution is 4.39. The van der Waals surface area contributed by atoms with Crippen LogP contribution < -0.4 is 5.48 Å². The van der Waals surface area contributed by atoms with E-state index in [9.17, 15) is 0 Å². The summed E-state index contributed by atoms with van der Waals surface area (Å²) >= 11 is 0. The van der Waals surface area contributed by atoms with Crippen molar-refractivity contribution in [3.8, 4) is 0 Å². The summed E-state index contributed by atoms with van der Waals surface area (Å²) in [6.45, 7) is 4.74. The van der Waals surface area contributed by atoms with Gasteiger partial charge in [-0.25, -0.2) is 5.48 Å². The topological polar surface area (TPSA) is 32.3 Å². The fraction of sp³-hybridized carbons (Fsp3) is 1.00. The molecule has 0 bridgehead atoms. The molecule has 0 aliphatic rings. The van der Waals surface area contributed by atoms with Crippen molar-refractivity contribution < 1.29 is 6.63 Å². The van der Waals surface area contributed by atoms with E-state index in [4.69, 9.17) is 5.21 Å². The van der Waals surface area contributed by atoms with Gasteiger partial charge < -0.3 is 5.21 Å². The Labute approximate surface area is 39.6 Å². The van der Waals surface area contributed by atoms with Gasteiger partial charge in [0.1, 0.15) is 0 Å². The lowest BCUT2D eigenvalue weighted by Crippen LogP contribution is -2.13. The Morgan fingerprint density at radius 2 is 2.33 bits per heavy atom. The van der Waals surface area contributed by atoms with Crippen molar-refractivity contribution in [2.45, 2.75) is 13.8 Å². The number of hydroxylamine groups is 1. The Morgan fingerprint density at radius 1 is 1.83 bits per heavy atom. The van der Waals surface area contributed by atoms with Crippen molar-refractivity contribution in [2.24, 2.45) is 5.92 Å². The first kappa shape index (κ1) is 5.92.